The van der Waals surface area contributed by atoms with Crippen molar-refractivity contribution >= 4 is 39.9 Å². The Hall–Kier alpha value is -4.05. The number of aromatic nitrogens is 1. The Morgan fingerprint density at radius 2 is 1.84 bits per heavy atom. The highest BCUT2D eigenvalue weighted by molar-refractivity contribution is 6.34. The molecule has 2 heterocycles. The van der Waals surface area contributed by atoms with Crippen molar-refractivity contribution in [1.29, 1.82) is 0 Å². The number of carbonyl (C=O) groups excluding carboxylic acids is 2. The number of rotatable bonds is 8. The highest BCUT2D eigenvalue weighted by Crippen LogP contribution is 2.42. The van der Waals surface area contributed by atoms with Gasteiger partial charge in [-0.1, -0.05) is 41.9 Å². The largest absolute Gasteiger partial charge is 0.493 e. The average molecular weight is 634 g/mol. The Kier molecular flexibility index (Phi) is 9.30. The van der Waals surface area contributed by atoms with Crippen LogP contribution in [-0.4, -0.2) is 48.7 Å². The summed E-state index contributed by atoms with van der Waals surface area (Å²) in [6.45, 7) is 1.47. The molecule has 0 bridgehead atoms. The van der Waals surface area contributed by atoms with E-state index in [1.54, 1.807) is 25.4 Å². The van der Waals surface area contributed by atoms with Crippen molar-refractivity contribution in [3.8, 4) is 16.9 Å². The molecule has 234 valence electrons. The summed E-state index contributed by atoms with van der Waals surface area (Å²) in [4.78, 5) is 26.2. The lowest BCUT2D eigenvalue weighted by Crippen LogP contribution is -2.35. The maximum atomic E-state index is 15.2. The summed E-state index contributed by atoms with van der Waals surface area (Å²) in [5.74, 6) is -2.63. The van der Waals surface area contributed by atoms with Gasteiger partial charge in [0.05, 0.1) is 23.3 Å². The predicted molar refractivity (Wildman–Crippen MR) is 171 cm³/mol. The van der Waals surface area contributed by atoms with Crippen molar-refractivity contribution in [2.45, 2.75) is 50.8 Å². The topological polar surface area (TPSA) is 81.6 Å². The van der Waals surface area contributed by atoms with Crippen molar-refractivity contribution in [3.63, 3.8) is 0 Å². The van der Waals surface area contributed by atoms with E-state index in [4.69, 9.17) is 21.1 Å². The van der Waals surface area contributed by atoms with E-state index in [1.165, 1.54) is 6.08 Å². The fourth-order valence-corrected chi connectivity index (χ4v) is 6.54. The van der Waals surface area contributed by atoms with Crippen molar-refractivity contribution in [2.24, 2.45) is 0 Å². The molecule has 4 aromatic rings. The first-order valence-electron chi connectivity index (χ1n) is 15.1. The molecule has 1 amide bonds. The SMILES string of the molecule is COC1CCC(NC/C=C/C(=O)Nc2c(F)cc(C(=O)c3cn4c5c(cccc35)-c3c(Cl)cccc3OCCC4)cc2F)CC1. The monoisotopic (exact) mass is 633 g/mol. The fourth-order valence-electron chi connectivity index (χ4n) is 6.27. The maximum absolute atomic E-state index is 15.2. The molecule has 0 spiro atoms. The minimum Gasteiger partial charge on any atom is -0.493 e. The molecule has 10 heteroatoms. The Morgan fingerprint density at radius 3 is 2.60 bits per heavy atom. The lowest BCUT2D eigenvalue weighted by Gasteiger charge is -2.27. The number of para-hydroxylation sites is 1. The second kappa shape index (κ2) is 13.5. The van der Waals surface area contributed by atoms with Gasteiger partial charge >= 0.3 is 0 Å². The van der Waals surface area contributed by atoms with Gasteiger partial charge in [0.1, 0.15) is 23.1 Å². The van der Waals surface area contributed by atoms with E-state index in [2.05, 4.69) is 10.6 Å². The summed E-state index contributed by atoms with van der Waals surface area (Å²) in [6, 6.07) is 13.3. The zero-order valence-corrected chi connectivity index (χ0v) is 25.6. The van der Waals surface area contributed by atoms with Gasteiger partial charge in [0, 0.05) is 66.2 Å². The second-order valence-corrected chi connectivity index (χ2v) is 11.8. The number of benzene rings is 3. The zero-order chi connectivity index (χ0) is 31.5. The quantitative estimate of drug-likeness (QED) is 0.157. The van der Waals surface area contributed by atoms with Crippen LogP contribution in [0.3, 0.4) is 0 Å². The average Bonchev–Trinajstić information content (AvgIpc) is 3.44. The smallest absolute Gasteiger partial charge is 0.248 e. The molecule has 7 nitrogen and oxygen atoms in total. The van der Waals surface area contributed by atoms with Crippen LogP contribution in [0.25, 0.3) is 22.0 Å². The number of anilines is 1. The number of nitrogens with zero attached hydrogens (tertiary/aromatic N) is 1. The molecular weight excluding hydrogens is 600 g/mol. The number of aryl methyl sites for hydroxylation is 1. The molecular formula is C35H34ClF2N3O4. The van der Waals surface area contributed by atoms with E-state index in [-0.39, 0.29) is 5.56 Å². The molecule has 1 aliphatic heterocycles. The number of fused-ring (bicyclic) bond motifs is 2. The van der Waals surface area contributed by atoms with Crippen LogP contribution in [-0.2, 0) is 16.1 Å². The number of hydrogen-bond acceptors (Lipinski definition) is 5. The molecule has 45 heavy (non-hydrogen) atoms. The predicted octanol–water partition coefficient (Wildman–Crippen LogP) is 7.30. The van der Waals surface area contributed by atoms with Crippen LogP contribution in [0.5, 0.6) is 5.75 Å². The Balaban J connectivity index is 1.20. The third-order valence-electron chi connectivity index (χ3n) is 8.54. The molecule has 0 unspecified atom stereocenters. The summed E-state index contributed by atoms with van der Waals surface area (Å²) in [5, 5.41) is 6.78. The number of hydrogen-bond donors (Lipinski definition) is 2. The van der Waals surface area contributed by atoms with E-state index in [0.29, 0.717) is 60.0 Å². The van der Waals surface area contributed by atoms with Crippen LogP contribution in [0.2, 0.25) is 5.02 Å². The number of methoxy groups -OCH3 is 1. The Labute approximate surface area is 265 Å². The van der Waals surface area contributed by atoms with Gasteiger partial charge < -0.3 is 24.7 Å². The molecule has 1 aromatic heterocycles. The van der Waals surface area contributed by atoms with Crippen molar-refractivity contribution in [3.05, 3.63) is 94.7 Å². The highest BCUT2D eigenvalue weighted by Gasteiger charge is 2.25. The van der Waals surface area contributed by atoms with E-state index in [1.807, 2.05) is 34.9 Å². The maximum Gasteiger partial charge on any atom is 0.248 e. The molecule has 3 aromatic carbocycles. The van der Waals surface area contributed by atoms with Crippen molar-refractivity contribution in [1.82, 2.24) is 9.88 Å². The van der Waals surface area contributed by atoms with Gasteiger partial charge in [0.2, 0.25) is 5.91 Å². The van der Waals surface area contributed by atoms with E-state index < -0.39 is 29.0 Å². The van der Waals surface area contributed by atoms with Crippen LogP contribution in [0.4, 0.5) is 14.5 Å². The number of ketones is 1. The number of ether oxygens (including phenoxy) is 2. The summed E-state index contributed by atoms with van der Waals surface area (Å²) >= 11 is 6.62. The molecule has 1 fully saturated rings. The van der Waals surface area contributed by atoms with Crippen molar-refractivity contribution < 1.29 is 27.8 Å². The summed E-state index contributed by atoms with van der Waals surface area (Å²) in [5.41, 5.74) is 1.85. The fraction of sp³-hybridized carbons (Fsp3) is 0.314. The van der Waals surface area contributed by atoms with E-state index >= 15 is 8.78 Å². The number of carbonyl (C=O) groups is 2. The minimum atomic E-state index is -1.04. The van der Waals surface area contributed by atoms with Crippen LogP contribution in [0.1, 0.15) is 48.0 Å². The molecule has 0 saturated heterocycles. The third-order valence-corrected chi connectivity index (χ3v) is 8.86. The van der Waals surface area contributed by atoms with E-state index in [9.17, 15) is 9.59 Å². The van der Waals surface area contributed by atoms with Gasteiger partial charge in [-0.3, -0.25) is 9.59 Å². The van der Waals surface area contributed by atoms with Gasteiger partial charge in [-0.2, -0.15) is 0 Å². The van der Waals surface area contributed by atoms with Crippen LogP contribution in [0.15, 0.2) is 66.9 Å². The molecule has 0 atom stereocenters. The zero-order valence-electron chi connectivity index (χ0n) is 24.9. The Bertz CT molecular complexity index is 1760. The molecule has 0 radical (unpaired) electrons. The molecule has 1 saturated carbocycles. The van der Waals surface area contributed by atoms with Gasteiger partial charge in [-0.15, -0.1) is 0 Å². The normalized spacial score (nSPS) is 18.1. The first-order chi connectivity index (χ1) is 21.8. The third kappa shape index (κ3) is 6.52. The van der Waals surface area contributed by atoms with Crippen molar-refractivity contribution in [2.75, 3.05) is 25.6 Å². The van der Waals surface area contributed by atoms with Crippen LogP contribution < -0.4 is 15.4 Å². The summed E-state index contributed by atoms with van der Waals surface area (Å²) in [7, 11) is 1.72. The van der Waals surface area contributed by atoms with Gasteiger partial charge in [0.25, 0.3) is 0 Å². The summed E-state index contributed by atoms with van der Waals surface area (Å²) < 4.78 is 43.7. The Morgan fingerprint density at radius 1 is 1.09 bits per heavy atom. The second-order valence-electron chi connectivity index (χ2n) is 11.4. The minimum absolute atomic E-state index is 0.163. The first kappa shape index (κ1) is 31.0. The molecule has 1 aliphatic carbocycles. The number of nitrogens with one attached hydrogen (secondary N) is 2. The number of halogens is 3. The van der Waals surface area contributed by atoms with Crippen LogP contribution >= 0.6 is 11.6 Å². The standard InChI is InChI=1S/C35H34ClF2N3O4/c1-44-23-13-11-22(12-14-23)39-15-4-10-31(42)40-33-28(37)18-21(19-29(33)38)35(43)26-20-41-16-5-17-45-30-9-3-8-27(36)32(30)25-7-2-6-24(26)34(25)41/h2-4,6-10,18-20,22-23,39H,5,11-17H2,1H3,(H,40,42)/b10-4+. The van der Waals surface area contributed by atoms with Gasteiger partial charge in [-0.25, -0.2) is 8.78 Å². The van der Waals surface area contributed by atoms with E-state index in [0.717, 1.165) is 54.5 Å². The number of amides is 1. The lowest BCUT2D eigenvalue weighted by atomic mass is 9.93. The van der Waals surface area contributed by atoms with Crippen LogP contribution in [0, 0.1) is 11.6 Å². The lowest BCUT2D eigenvalue weighted by molar-refractivity contribution is -0.112. The van der Waals surface area contributed by atoms with Gasteiger partial charge in [-0.05, 0) is 56.4 Å². The highest BCUT2D eigenvalue weighted by atomic mass is 35.5. The van der Waals surface area contributed by atoms with Gasteiger partial charge in [0.15, 0.2) is 5.78 Å². The first-order valence-corrected chi connectivity index (χ1v) is 15.5. The molecule has 6 rings (SSSR count). The molecule has 2 aliphatic rings. The molecule has 2 N–H and O–H groups in total. The summed E-state index contributed by atoms with van der Waals surface area (Å²) in [6.07, 6.45) is 9.48.